The highest BCUT2D eigenvalue weighted by atomic mass is 19.4. The molecular weight excluding hydrogens is 286 g/mol. The van der Waals surface area contributed by atoms with Crippen LogP contribution in [0.5, 0.6) is 5.75 Å². The summed E-state index contributed by atoms with van der Waals surface area (Å²) in [6, 6.07) is 9.69. The Morgan fingerprint density at radius 3 is 2.24 bits per heavy atom. The van der Waals surface area contributed by atoms with Gasteiger partial charge < -0.3 is 10.5 Å². The lowest BCUT2D eigenvalue weighted by atomic mass is 9.97. The minimum atomic E-state index is -4.72. The first-order chi connectivity index (χ1) is 9.89. The molecule has 2 aromatic rings. The number of nitrogens with two attached hydrogens (primary N) is 1. The summed E-state index contributed by atoms with van der Waals surface area (Å²) in [6.45, 7) is 0.353. The Bertz CT molecular complexity index is 608. The molecule has 112 valence electrons. The Morgan fingerprint density at radius 2 is 1.67 bits per heavy atom. The Morgan fingerprint density at radius 1 is 1.00 bits per heavy atom. The summed E-state index contributed by atoms with van der Waals surface area (Å²) in [5.74, 6) is -0.673. The van der Waals surface area contributed by atoms with E-state index in [-0.39, 0.29) is 11.6 Å². The highest BCUT2D eigenvalue weighted by Crippen LogP contribution is 2.29. The average molecular weight is 299 g/mol. The molecule has 0 radical (unpaired) electrons. The summed E-state index contributed by atoms with van der Waals surface area (Å²) >= 11 is 0. The topological polar surface area (TPSA) is 35.2 Å². The first-order valence-electron chi connectivity index (χ1n) is 6.24. The van der Waals surface area contributed by atoms with Crippen LogP contribution in [-0.2, 0) is 6.42 Å². The van der Waals surface area contributed by atoms with Crippen molar-refractivity contribution in [3.63, 3.8) is 0 Å². The van der Waals surface area contributed by atoms with E-state index in [2.05, 4.69) is 4.74 Å². The minimum Gasteiger partial charge on any atom is -0.406 e. The zero-order valence-electron chi connectivity index (χ0n) is 11.0. The maximum atomic E-state index is 13.3. The van der Waals surface area contributed by atoms with Crippen LogP contribution in [0, 0.1) is 5.82 Å². The lowest BCUT2D eigenvalue weighted by Crippen LogP contribution is -2.16. The SMILES string of the molecule is NCCc1cc(F)ccc1-c1ccc(OC(F)(F)F)cc1. The summed E-state index contributed by atoms with van der Waals surface area (Å²) in [4.78, 5) is 0. The van der Waals surface area contributed by atoms with Crippen molar-refractivity contribution in [3.05, 3.63) is 53.8 Å². The van der Waals surface area contributed by atoms with E-state index in [0.717, 1.165) is 5.56 Å². The zero-order chi connectivity index (χ0) is 15.5. The van der Waals surface area contributed by atoms with Gasteiger partial charge in [0.05, 0.1) is 0 Å². The van der Waals surface area contributed by atoms with Gasteiger partial charge in [0.1, 0.15) is 11.6 Å². The van der Waals surface area contributed by atoms with Crippen LogP contribution >= 0.6 is 0 Å². The number of ether oxygens (including phenoxy) is 1. The molecule has 0 spiro atoms. The van der Waals surface area contributed by atoms with E-state index in [9.17, 15) is 17.6 Å². The molecule has 6 heteroatoms. The zero-order valence-corrected chi connectivity index (χ0v) is 11.0. The molecule has 0 unspecified atom stereocenters. The summed E-state index contributed by atoms with van der Waals surface area (Å²) in [6.07, 6.45) is -4.24. The second kappa shape index (κ2) is 6.13. The molecule has 0 amide bonds. The van der Waals surface area contributed by atoms with Gasteiger partial charge >= 0.3 is 6.36 Å². The third-order valence-electron chi connectivity index (χ3n) is 2.88. The number of hydrogen-bond acceptors (Lipinski definition) is 2. The molecule has 2 N–H and O–H groups in total. The van der Waals surface area contributed by atoms with Crippen molar-refractivity contribution in [1.29, 1.82) is 0 Å². The van der Waals surface area contributed by atoms with E-state index >= 15 is 0 Å². The Labute approximate surface area is 119 Å². The summed E-state index contributed by atoms with van der Waals surface area (Å²) in [5.41, 5.74) is 7.60. The Hall–Kier alpha value is -2.08. The molecule has 21 heavy (non-hydrogen) atoms. The van der Waals surface area contributed by atoms with Crippen LogP contribution < -0.4 is 10.5 Å². The van der Waals surface area contributed by atoms with Crippen molar-refractivity contribution < 1.29 is 22.3 Å². The van der Waals surface area contributed by atoms with Gasteiger partial charge in [0.2, 0.25) is 0 Å². The highest BCUT2D eigenvalue weighted by Gasteiger charge is 2.30. The predicted molar refractivity (Wildman–Crippen MR) is 71.3 cm³/mol. The van der Waals surface area contributed by atoms with Gasteiger partial charge in [-0.05, 0) is 53.9 Å². The molecule has 0 heterocycles. The van der Waals surface area contributed by atoms with E-state index in [1.165, 1.54) is 36.4 Å². The largest absolute Gasteiger partial charge is 0.573 e. The number of hydrogen-bond donors (Lipinski definition) is 1. The molecule has 0 atom stereocenters. The molecule has 2 nitrogen and oxygen atoms in total. The van der Waals surface area contributed by atoms with Gasteiger partial charge in [0, 0.05) is 0 Å². The number of halogens is 4. The van der Waals surface area contributed by atoms with Gasteiger partial charge in [-0.25, -0.2) is 4.39 Å². The highest BCUT2D eigenvalue weighted by molar-refractivity contribution is 5.68. The quantitative estimate of drug-likeness (QED) is 0.869. The second-order valence-corrected chi connectivity index (χ2v) is 4.41. The van der Waals surface area contributed by atoms with E-state index in [0.29, 0.717) is 24.1 Å². The van der Waals surface area contributed by atoms with Crippen molar-refractivity contribution in [1.82, 2.24) is 0 Å². The van der Waals surface area contributed by atoms with Crippen LogP contribution in [0.2, 0.25) is 0 Å². The lowest BCUT2D eigenvalue weighted by Gasteiger charge is -2.11. The fourth-order valence-electron chi connectivity index (χ4n) is 2.04. The van der Waals surface area contributed by atoms with Gasteiger partial charge in [-0.2, -0.15) is 0 Å². The first kappa shape index (κ1) is 15.3. The van der Waals surface area contributed by atoms with Crippen molar-refractivity contribution in [2.24, 2.45) is 5.73 Å². The van der Waals surface area contributed by atoms with Gasteiger partial charge in [-0.1, -0.05) is 18.2 Å². The van der Waals surface area contributed by atoms with Crippen LogP contribution in [0.1, 0.15) is 5.56 Å². The van der Waals surface area contributed by atoms with Crippen LogP contribution in [0.4, 0.5) is 17.6 Å². The molecule has 2 aromatic carbocycles. The maximum Gasteiger partial charge on any atom is 0.573 e. The smallest absolute Gasteiger partial charge is 0.406 e. The van der Waals surface area contributed by atoms with Crippen LogP contribution in [0.25, 0.3) is 11.1 Å². The van der Waals surface area contributed by atoms with Gasteiger partial charge in [0.25, 0.3) is 0 Å². The molecule has 0 aliphatic rings. The molecule has 0 saturated carbocycles. The van der Waals surface area contributed by atoms with Crippen molar-refractivity contribution in [2.45, 2.75) is 12.8 Å². The standard InChI is InChI=1S/C15H13F4NO/c16-12-3-6-14(11(9-12)7-8-20)10-1-4-13(5-2-10)21-15(17,18)19/h1-6,9H,7-8,20H2. The van der Waals surface area contributed by atoms with E-state index in [1.54, 1.807) is 6.07 Å². The number of benzene rings is 2. The van der Waals surface area contributed by atoms with Gasteiger partial charge in [0.15, 0.2) is 0 Å². The van der Waals surface area contributed by atoms with Crippen LogP contribution in [-0.4, -0.2) is 12.9 Å². The molecule has 0 aliphatic heterocycles. The monoisotopic (exact) mass is 299 g/mol. The van der Waals surface area contributed by atoms with Crippen molar-refractivity contribution in [2.75, 3.05) is 6.54 Å². The number of alkyl halides is 3. The fraction of sp³-hybridized carbons (Fsp3) is 0.200. The van der Waals surface area contributed by atoms with Crippen LogP contribution in [0.3, 0.4) is 0 Å². The minimum absolute atomic E-state index is 0.297. The maximum absolute atomic E-state index is 13.3. The average Bonchev–Trinajstić information content (AvgIpc) is 2.39. The fourth-order valence-corrected chi connectivity index (χ4v) is 2.04. The molecule has 0 aliphatic carbocycles. The van der Waals surface area contributed by atoms with Gasteiger partial charge in [-0.3, -0.25) is 0 Å². The predicted octanol–water partition coefficient (Wildman–Crippen LogP) is 3.89. The van der Waals surface area contributed by atoms with Crippen LogP contribution in [0.15, 0.2) is 42.5 Å². The first-order valence-corrected chi connectivity index (χ1v) is 6.24. The Balaban J connectivity index is 2.30. The second-order valence-electron chi connectivity index (χ2n) is 4.41. The van der Waals surface area contributed by atoms with Crippen molar-refractivity contribution >= 4 is 0 Å². The molecule has 2 rings (SSSR count). The number of rotatable bonds is 4. The molecular formula is C15H13F4NO. The summed E-state index contributed by atoms with van der Waals surface area (Å²) in [5, 5.41) is 0. The normalized spacial score (nSPS) is 11.5. The van der Waals surface area contributed by atoms with E-state index < -0.39 is 6.36 Å². The summed E-state index contributed by atoms with van der Waals surface area (Å²) < 4.78 is 53.3. The third-order valence-corrected chi connectivity index (χ3v) is 2.88. The third kappa shape index (κ3) is 4.19. The van der Waals surface area contributed by atoms with E-state index in [1.807, 2.05) is 0 Å². The molecule has 0 bridgehead atoms. The Kier molecular flexibility index (Phi) is 4.47. The molecule has 0 fully saturated rings. The molecule has 0 aromatic heterocycles. The lowest BCUT2D eigenvalue weighted by molar-refractivity contribution is -0.274. The van der Waals surface area contributed by atoms with Crippen molar-refractivity contribution in [3.8, 4) is 16.9 Å². The van der Waals surface area contributed by atoms with Gasteiger partial charge in [-0.15, -0.1) is 13.2 Å². The summed E-state index contributed by atoms with van der Waals surface area (Å²) in [7, 11) is 0. The van der Waals surface area contributed by atoms with E-state index in [4.69, 9.17) is 5.73 Å². The molecule has 0 saturated heterocycles.